The highest BCUT2D eigenvalue weighted by atomic mass is 35.5. The maximum absolute atomic E-state index is 12.4. The van der Waals surface area contributed by atoms with E-state index in [-0.39, 0.29) is 0 Å². The van der Waals surface area contributed by atoms with Gasteiger partial charge in [0.2, 0.25) is 0 Å². The number of anilines is 1. The summed E-state index contributed by atoms with van der Waals surface area (Å²) >= 11 is 5.96. The number of rotatable bonds is 3. The van der Waals surface area contributed by atoms with Crippen LogP contribution in [0.4, 0.5) is 18.9 Å². The van der Waals surface area contributed by atoms with Gasteiger partial charge < -0.3 is 5.32 Å². The van der Waals surface area contributed by atoms with E-state index in [4.69, 9.17) is 11.6 Å². The molecule has 2 rings (SSSR count). The molecule has 0 saturated carbocycles. The summed E-state index contributed by atoms with van der Waals surface area (Å²) in [6.07, 6.45) is -4.30. The van der Waals surface area contributed by atoms with Crippen LogP contribution in [0.2, 0.25) is 5.02 Å². The third-order valence-electron chi connectivity index (χ3n) is 2.64. The lowest BCUT2D eigenvalue weighted by Gasteiger charge is -2.10. The topological polar surface area (TPSA) is 12.0 Å². The van der Waals surface area contributed by atoms with Crippen molar-refractivity contribution in [2.45, 2.75) is 12.7 Å². The van der Waals surface area contributed by atoms with Crippen LogP contribution in [-0.4, -0.2) is 0 Å². The van der Waals surface area contributed by atoms with Crippen LogP contribution in [0.5, 0.6) is 0 Å². The van der Waals surface area contributed by atoms with Crippen molar-refractivity contribution in [1.29, 1.82) is 0 Å². The van der Waals surface area contributed by atoms with Gasteiger partial charge in [-0.15, -0.1) is 0 Å². The minimum absolute atomic E-state index is 0.419. The van der Waals surface area contributed by atoms with E-state index in [9.17, 15) is 13.2 Å². The van der Waals surface area contributed by atoms with Gasteiger partial charge >= 0.3 is 6.18 Å². The normalized spacial score (nSPS) is 11.4. The second-order valence-electron chi connectivity index (χ2n) is 4.03. The molecule has 100 valence electrons. The van der Waals surface area contributed by atoms with E-state index >= 15 is 0 Å². The molecule has 0 fully saturated rings. The fraction of sp³-hybridized carbons (Fsp3) is 0.143. The molecule has 0 aliphatic heterocycles. The number of nitrogens with one attached hydrogen (secondary N) is 1. The summed E-state index contributed by atoms with van der Waals surface area (Å²) in [5.74, 6) is 0. The van der Waals surface area contributed by atoms with Crippen molar-refractivity contribution >= 4 is 17.3 Å². The Morgan fingerprint density at radius 1 is 0.947 bits per heavy atom. The van der Waals surface area contributed by atoms with Crippen LogP contribution in [0.15, 0.2) is 48.5 Å². The first-order valence-corrected chi connectivity index (χ1v) is 5.99. The minimum atomic E-state index is -4.30. The Bertz CT molecular complexity index is 549. The maximum atomic E-state index is 12.4. The highest BCUT2D eigenvalue weighted by Gasteiger charge is 2.29. The molecule has 0 atom stereocenters. The number of hydrogen-bond acceptors (Lipinski definition) is 1. The van der Waals surface area contributed by atoms with E-state index in [0.717, 1.165) is 23.4 Å². The molecular weight excluding hydrogens is 275 g/mol. The van der Waals surface area contributed by atoms with Gasteiger partial charge in [-0.05, 0) is 29.8 Å². The smallest absolute Gasteiger partial charge is 0.380 e. The standard InChI is InChI=1S/C14H11ClF3N/c15-12-3-1-2-4-13(12)19-9-10-5-7-11(8-6-10)14(16,17)18/h1-8,19H,9H2. The second kappa shape index (κ2) is 5.53. The van der Waals surface area contributed by atoms with Crippen molar-refractivity contribution in [3.8, 4) is 0 Å². The van der Waals surface area contributed by atoms with Crippen molar-refractivity contribution in [3.05, 3.63) is 64.7 Å². The largest absolute Gasteiger partial charge is 0.416 e. The Balaban J connectivity index is 2.03. The van der Waals surface area contributed by atoms with E-state index in [0.29, 0.717) is 11.6 Å². The van der Waals surface area contributed by atoms with Crippen molar-refractivity contribution in [3.63, 3.8) is 0 Å². The molecule has 19 heavy (non-hydrogen) atoms. The predicted octanol–water partition coefficient (Wildman–Crippen LogP) is 4.97. The first-order valence-electron chi connectivity index (χ1n) is 5.61. The molecule has 0 radical (unpaired) electrons. The van der Waals surface area contributed by atoms with Crippen molar-refractivity contribution in [2.24, 2.45) is 0 Å². The Kier molecular flexibility index (Phi) is 4.00. The lowest BCUT2D eigenvalue weighted by molar-refractivity contribution is -0.137. The van der Waals surface area contributed by atoms with Crippen LogP contribution in [0.1, 0.15) is 11.1 Å². The molecule has 1 nitrogen and oxygen atoms in total. The molecule has 0 bridgehead atoms. The molecule has 2 aromatic rings. The maximum Gasteiger partial charge on any atom is 0.416 e. The average molecular weight is 286 g/mol. The van der Waals surface area contributed by atoms with Gasteiger partial charge in [0.05, 0.1) is 16.3 Å². The Morgan fingerprint density at radius 3 is 2.16 bits per heavy atom. The van der Waals surface area contributed by atoms with Crippen LogP contribution < -0.4 is 5.32 Å². The number of alkyl halides is 3. The third-order valence-corrected chi connectivity index (χ3v) is 2.97. The van der Waals surface area contributed by atoms with E-state index in [1.165, 1.54) is 12.1 Å². The molecule has 0 heterocycles. The van der Waals surface area contributed by atoms with E-state index in [1.807, 2.05) is 18.2 Å². The zero-order valence-electron chi connectivity index (χ0n) is 9.84. The van der Waals surface area contributed by atoms with Gasteiger partial charge in [-0.3, -0.25) is 0 Å². The third kappa shape index (κ3) is 3.64. The summed E-state index contributed by atoms with van der Waals surface area (Å²) in [6, 6.07) is 12.3. The fourth-order valence-electron chi connectivity index (χ4n) is 1.61. The molecule has 0 aromatic heterocycles. The highest BCUT2D eigenvalue weighted by molar-refractivity contribution is 6.33. The van der Waals surface area contributed by atoms with Crippen LogP contribution in [0, 0.1) is 0 Å². The lowest BCUT2D eigenvalue weighted by Crippen LogP contribution is -2.05. The minimum Gasteiger partial charge on any atom is -0.380 e. The number of para-hydroxylation sites is 1. The predicted molar refractivity (Wildman–Crippen MR) is 70.2 cm³/mol. The van der Waals surface area contributed by atoms with Gasteiger partial charge in [-0.1, -0.05) is 35.9 Å². The monoisotopic (exact) mass is 285 g/mol. The summed E-state index contributed by atoms with van der Waals surface area (Å²) < 4.78 is 37.2. The SMILES string of the molecule is FC(F)(F)c1ccc(CNc2ccccc2Cl)cc1. The van der Waals surface area contributed by atoms with Gasteiger partial charge in [0.25, 0.3) is 0 Å². The van der Waals surface area contributed by atoms with Crippen molar-refractivity contribution in [2.75, 3.05) is 5.32 Å². The molecule has 2 aromatic carbocycles. The summed E-state index contributed by atoms with van der Waals surface area (Å²) in [5.41, 5.74) is 0.867. The van der Waals surface area contributed by atoms with Crippen molar-refractivity contribution in [1.82, 2.24) is 0 Å². The average Bonchev–Trinajstić information content (AvgIpc) is 2.37. The summed E-state index contributed by atoms with van der Waals surface area (Å²) in [5, 5.41) is 3.65. The molecule has 0 amide bonds. The van der Waals surface area contributed by atoms with Gasteiger partial charge in [0, 0.05) is 6.54 Å². The van der Waals surface area contributed by atoms with Crippen LogP contribution >= 0.6 is 11.6 Å². The molecule has 0 spiro atoms. The summed E-state index contributed by atoms with van der Waals surface area (Å²) in [7, 11) is 0. The van der Waals surface area contributed by atoms with E-state index in [2.05, 4.69) is 5.32 Å². The van der Waals surface area contributed by atoms with Gasteiger partial charge in [-0.25, -0.2) is 0 Å². The Morgan fingerprint density at radius 2 is 1.58 bits per heavy atom. The van der Waals surface area contributed by atoms with E-state index < -0.39 is 11.7 Å². The van der Waals surface area contributed by atoms with Gasteiger partial charge in [0.1, 0.15) is 0 Å². The molecular formula is C14H11ClF3N. The molecule has 1 N–H and O–H groups in total. The first kappa shape index (κ1) is 13.7. The molecule has 0 saturated heterocycles. The van der Waals surface area contributed by atoms with E-state index in [1.54, 1.807) is 6.07 Å². The first-order chi connectivity index (χ1) is 8.97. The number of hydrogen-bond donors (Lipinski definition) is 1. The number of halogens is 4. The second-order valence-corrected chi connectivity index (χ2v) is 4.44. The number of benzene rings is 2. The molecule has 0 unspecified atom stereocenters. The van der Waals surface area contributed by atoms with Crippen LogP contribution in [0.25, 0.3) is 0 Å². The summed E-state index contributed by atoms with van der Waals surface area (Å²) in [4.78, 5) is 0. The quantitative estimate of drug-likeness (QED) is 0.839. The van der Waals surface area contributed by atoms with Crippen LogP contribution in [0.3, 0.4) is 0 Å². The molecule has 0 aliphatic carbocycles. The van der Waals surface area contributed by atoms with Gasteiger partial charge in [0.15, 0.2) is 0 Å². The molecule has 0 aliphatic rings. The van der Waals surface area contributed by atoms with Crippen molar-refractivity contribution < 1.29 is 13.2 Å². The Labute approximate surface area is 114 Å². The van der Waals surface area contributed by atoms with Gasteiger partial charge in [-0.2, -0.15) is 13.2 Å². The fourth-order valence-corrected chi connectivity index (χ4v) is 1.82. The zero-order chi connectivity index (χ0) is 13.9. The molecule has 5 heteroatoms. The zero-order valence-corrected chi connectivity index (χ0v) is 10.6. The Hall–Kier alpha value is -1.68. The van der Waals surface area contributed by atoms with Crippen LogP contribution in [-0.2, 0) is 12.7 Å². The lowest BCUT2D eigenvalue weighted by atomic mass is 10.1. The highest BCUT2D eigenvalue weighted by Crippen LogP contribution is 2.29. The summed E-state index contributed by atoms with van der Waals surface area (Å²) in [6.45, 7) is 0.419.